The number of rotatable bonds is 6. The zero-order valence-electron chi connectivity index (χ0n) is 12.8. The quantitative estimate of drug-likeness (QED) is 0.865. The molecule has 0 aliphatic carbocycles. The molecule has 0 spiro atoms. The summed E-state index contributed by atoms with van der Waals surface area (Å²) in [6, 6.07) is 13.3. The summed E-state index contributed by atoms with van der Waals surface area (Å²) in [5.41, 5.74) is 1.00. The minimum Gasteiger partial charge on any atom is -0.457 e. The number of carbonyl (C=O) groups is 1. The molecular weight excluding hydrogens is 281 g/mol. The van der Waals surface area contributed by atoms with Gasteiger partial charge in [0.2, 0.25) is 5.91 Å². The summed E-state index contributed by atoms with van der Waals surface area (Å²) in [6.45, 7) is 4.53. The van der Waals surface area contributed by atoms with Crippen molar-refractivity contribution < 1.29 is 13.9 Å². The van der Waals surface area contributed by atoms with Crippen LogP contribution in [0.25, 0.3) is 0 Å². The van der Waals surface area contributed by atoms with E-state index >= 15 is 0 Å². The van der Waals surface area contributed by atoms with Crippen molar-refractivity contribution in [3.05, 3.63) is 59.9 Å². The van der Waals surface area contributed by atoms with Crippen molar-refractivity contribution in [1.29, 1.82) is 0 Å². The zero-order valence-corrected chi connectivity index (χ0v) is 12.8. The van der Waals surface area contributed by atoms with Gasteiger partial charge < -0.3 is 10.1 Å². The second kappa shape index (κ2) is 7.59. The number of carbonyl (C=O) groups excluding carboxylic acids is 1. The molecule has 0 saturated heterocycles. The summed E-state index contributed by atoms with van der Waals surface area (Å²) in [7, 11) is 0. The molecule has 3 nitrogen and oxygen atoms in total. The third-order valence-corrected chi connectivity index (χ3v) is 3.06. The minimum atomic E-state index is -0.292. The number of benzene rings is 2. The van der Waals surface area contributed by atoms with Crippen LogP contribution in [0.2, 0.25) is 0 Å². The third-order valence-electron chi connectivity index (χ3n) is 3.06. The van der Waals surface area contributed by atoms with Crippen LogP contribution in [0.5, 0.6) is 11.5 Å². The van der Waals surface area contributed by atoms with Crippen LogP contribution in [-0.4, -0.2) is 5.91 Å². The van der Waals surface area contributed by atoms with Gasteiger partial charge in [-0.3, -0.25) is 4.79 Å². The number of hydrogen-bond donors (Lipinski definition) is 1. The maximum atomic E-state index is 12.8. The van der Waals surface area contributed by atoms with Crippen molar-refractivity contribution in [3.63, 3.8) is 0 Å². The maximum absolute atomic E-state index is 12.8. The second-order valence-corrected chi connectivity index (χ2v) is 5.57. The molecule has 0 fully saturated rings. The van der Waals surface area contributed by atoms with Crippen LogP contribution >= 0.6 is 0 Å². The largest absolute Gasteiger partial charge is 0.457 e. The highest BCUT2D eigenvalue weighted by molar-refractivity contribution is 5.76. The van der Waals surface area contributed by atoms with E-state index in [9.17, 15) is 9.18 Å². The Balaban J connectivity index is 1.87. The van der Waals surface area contributed by atoms with Gasteiger partial charge in [0.25, 0.3) is 0 Å². The molecule has 0 unspecified atom stereocenters. The van der Waals surface area contributed by atoms with Crippen molar-refractivity contribution in [2.24, 2.45) is 5.92 Å². The first-order valence-electron chi connectivity index (χ1n) is 7.32. The van der Waals surface area contributed by atoms with Crippen molar-refractivity contribution in [2.75, 3.05) is 0 Å². The van der Waals surface area contributed by atoms with E-state index in [1.54, 1.807) is 12.1 Å². The van der Waals surface area contributed by atoms with Gasteiger partial charge in [0.05, 0.1) is 0 Å². The Morgan fingerprint density at radius 2 is 1.59 bits per heavy atom. The summed E-state index contributed by atoms with van der Waals surface area (Å²) >= 11 is 0. The van der Waals surface area contributed by atoms with Crippen LogP contribution in [0.3, 0.4) is 0 Å². The van der Waals surface area contributed by atoms with Crippen molar-refractivity contribution in [3.8, 4) is 11.5 Å². The molecule has 2 aromatic carbocycles. The topological polar surface area (TPSA) is 38.3 Å². The van der Waals surface area contributed by atoms with Gasteiger partial charge >= 0.3 is 0 Å². The number of halogens is 1. The van der Waals surface area contributed by atoms with Gasteiger partial charge in [-0.25, -0.2) is 4.39 Å². The highest BCUT2D eigenvalue weighted by Crippen LogP contribution is 2.21. The molecule has 0 heterocycles. The standard InChI is InChI=1S/C18H20FNO2/c1-13(2)11-18(21)20-12-14-3-7-16(8-4-14)22-17-9-5-15(19)6-10-17/h3-10,13H,11-12H2,1-2H3,(H,20,21). The van der Waals surface area contributed by atoms with E-state index in [-0.39, 0.29) is 11.7 Å². The molecule has 0 atom stereocenters. The molecule has 0 aliphatic rings. The molecule has 0 aromatic heterocycles. The number of hydrogen-bond acceptors (Lipinski definition) is 2. The van der Waals surface area contributed by atoms with Crippen LogP contribution in [-0.2, 0) is 11.3 Å². The summed E-state index contributed by atoms with van der Waals surface area (Å²) in [6.07, 6.45) is 0.533. The van der Waals surface area contributed by atoms with E-state index in [4.69, 9.17) is 4.74 Å². The van der Waals surface area contributed by atoms with Crippen molar-refractivity contribution in [1.82, 2.24) is 5.32 Å². The van der Waals surface area contributed by atoms with E-state index in [1.807, 2.05) is 38.1 Å². The van der Waals surface area contributed by atoms with Crippen LogP contribution < -0.4 is 10.1 Å². The summed E-state index contributed by atoms with van der Waals surface area (Å²) < 4.78 is 18.4. The van der Waals surface area contributed by atoms with Gasteiger partial charge in [-0.2, -0.15) is 0 Å². The summed E-state index contributed by atoms with van der Waals surface area (Å²) in [5, 5.41) is 2.88. The lowest BCUT2D eigenvalue weighted by Crippen LogP contribution is -2.23. The smallest absolute Gasteiger partial charge is 0.220 e. The monoisotopic (exact) mass is 301 g/mol. The molecule has 1 N–H and O–H groups in total. The fourth-order valence-corrected chi connectivity index (χ4v) is 1.96. The molecule has 0 aliphatic heterocycles. The molecule has 116 valence electrons. The van der Waals surface area contributed by atoms with Gasteiger partial charge in [0.1, 0.15) is 17.3 Å². The van der Waals surface area contributed by atoms with E-state index in [2.05, 4.69) is 5.32 Å². The van der Waals surface area contributed by atoms with Gasteiger partial charge in [-0.15, -0.1) is 0 Å². The number of ether oxygens (including phenoxy) is 1. The number of nitrogens with one attached hydrogen (secondary N) is 1. The Morgan fingerprint density at radius 1 is 1.05 bits per heavy atom. The van der Waals surface area contributed by atoms with E-state index < -0.39 is 0 Å². The maximum Gasteiger partial charge on any atom is 0.220 e. The lowest BCUT2D eigenvalue weighted by Gasteiger charge is -2.09. The van der Waals surface area contributed by atoms with Gasteiger partial charge in [0, 0.05) is 13.0 Å². The first-order chi connectivity index (χ1) is 10.5. The van der Waals surface area contributed by atoms with Gasteiger partial charge in [0.15, 0.2) is 0 Å². The molecule has 4 heteroatoms. The second-order valence-electron chi connectivity index (χ2n) is 5.57. The molecule has 1 amide bonds. The fraction of sp³-hybridized carbons (Fsp3) is 0.278. The average Bonchev–Trinajstić information content (AvgIpc) is 2.48. The average molecular weight is 301 g/mol. The predicted octanol–water partition coefficient (Wildman–Crippen LogP) is 4.28. The van der Waals surface area contributed by atoms with Crippen molar-refractivity contribution >= 4 is 5.91 Å². The molecular formula is C18H20FNO2. The molecule has 2 rings (SSSR count). The van der Waals surface area contributed by atoms with Gasteiger partial charge in [-0.1, -0.05) is 26.0 Å². The Labute approximate surface area is 130 Å². The summed E-state index contributed by atoms with van der Waals surface area (Å²) in [5.74, 6) is 1.37. The fourth-order valence-electron chi connectivity index (χ4n) is 1.96. The molecule has 0 radical (unpaired) electrons. The van der Waals surface area contributed by atoms with Crippen LogP contribution in [0.1, 0.15) is 25.8 Å². The lowest BCUT2D eigenvalue weighted by atomic mass is 10.1. The molecule has 0 saturated carbocycles. The molecule has 22 heavy (non-hydrogen) atoms. The predicted molar refractivity (Wildman–Crippen MR) is 84.2 cm³/mol. The molecule has 0 bridgehead atoms. The third kappa shape index (κ3) is 5.20. The Morgan fingerprint density at radius 3 is 2.14 bits per heavy atom. The molecule has 2 aromatic rings. The van der Waals surface area contributed by atoms with Crippen molar-refractivity contribution in [2.45, 2.75) is 26.8 Å². The van der Waals surface area contributed by atoms with Crippen LogP contribution in [0.15, 0.2) is 48.5 Å². The Bertz CT molecular complexity index is 606. The van der Waals surface area contributed by atoms with E-state index in [0.29, 0.717) is 30.4 Å². The first kappa shape index (κ1) is 16.0. The van der Waals surface area contributed by atoms with Gasteiger partial charge in [-0.05, 0) is 47.9 Å². The highest BCUT2D eigenvalue weighted by atomic mass is 19.1. The number of amides is 1. The summed E-state index contributed by atoms with van der Waals surface area (Å²) in [4.78, 5) is 11.6. The Hall–Kier alpha value is -2.36. The van der Waals surface area contributed by atoms with Crippen LogP contribution in [0.4, 0.5) is 4.39 Å². The zero-order chi connectivity index (χ0) is 15.9. The lowest BCUT2D eigenvalue weighted by molar-refractivity contribution is -0.121. The minimum absolute atomic E-state index is 0.0571. The first-order valence-corrected chi connectivity index (χ1v) is 7.32. The Kier molecular flexibility index (Phi) is 5.53. The van der Waals surface area contributed by atoms with Crippen LogP contribution in [0, 0.1) is 11.7 Å². The normalized spacial score (nSPS) is 10.5. The SMILES string of the molecule is CC(C)CC(=O)NCc1ccc(Oc2ccc(F)cc2)cc1. The van der Waals surface area contributed by atoms with E-state index in [1.165, 1.54) is 12.1 Å². The van der Waals surface area contributed by atoms with E-state index in [0.717, 1.165) is 5.56 Å². The highest BCUT2D eigenvalue weighted by Gasteiger charge is 2.04.